The van der Waals surface area contributed by atoms with Gasteiger partial charge in [0.15, 0.2) is 0 Å². The minimum absolute atomic E-state index is 0.123. The van der Waals surface area contributed by atoms with Crippen LogP contribution in [0.1, 0.15) is 25.7 Å². The Hall–Kier alpha value is -0.610. The molecule has 0 unspecified atom stereocenters. The number of pyridine rings is 1. The van der Waals surface area contributed by atoms with Crippen LogP contribution in [0.3, 0.4) is 0 Å². The van der Waals surface area contributed by atoms with Crippen LogP contribution in [0.5, 0.6) is 0 Å². The highest BCUT2D eigenvalue weighted by Crippen LogP contribution is 2.32. The topological polar surface area (TPSA) is 45.1 Å². The Bertz CT molecular complexity index is 337. The van der Waals surface area contributed by atoms with Gasteiger partial charge in [-0.3, -0.25) is 4.98 Å². The van der Waals surface area contributed by atoms with Crippen molar-refractivity contribution >= 4 is 21.6 Å². The second kappa shape index (κ2) is 4.49. The first-order chi connectivity index (χ1) is 7.24. The van der Waals surface area contributed by atoms with Gasteiger partial charge in [0.1, 0.15) is 0 Å². The van der Waals surface area contributed by atoms with Crippen LogP contribution in [0.2, 0.25) is 0 Å². The molecule has 1 aliphatic carbocycles. The minimum atomic E-state index is -0.123. The molecular weight excluding hydrogens is 256 g/mol. The predicted molar refractivity (Wildman–Crippen MR) is 63.8 cm³/mol. The molecule has 4 heteroatoms. The highest BCUT2D eigenvalue weighted by molar-refractivity contribution is 9.10. The summed E-state index contributed by atoms with van der Waals surface area (Å²) >= 11 is 3.39. The SMILES string of the molecule is OCC1(Nc2cncc(Br)c2)CCCC1. The van der Waals surface area contributed by atoms with Crippen molar-refractivity contribution in [2.24, 2.45) is 0 Å². The van der Waals surface area contributed by atoms with Crippen molar-refractivity contribution in [1.82, 2.24) is 4.98 Å². The summed E-state index contributed by atoms with van der Waals surface area (Å²) in [5.74, 6) is 0. The molecule has 1 aliphatic rings. The molecule has 0 saturated heterocycles. The standard InChI is InChI=1S/C11H15BrN2O/c12-9-5-10(7-13-6-9)14-11(8-15)3-1-2-4-11/h5-7,14-15H,1-4,8H2. The molecule has 0 bridgehead atoms. The van der Waals surface area contributed by atoms with E-state index in [4.69, 9.17) is 0 Å². The first kappa shape index (κ1) is 10.9. The van der Waals surface area contributed by atoms with E-state index in [1.54, 1.807) is 12.4 Å². The van der Waals surface area contributed by atoms with Gasteiger partial charge < -0.3 is 10.4 Å². The molecular formula is C11H15BrN2O. The molecule has 1 aromatic heterocycles. The molecule has 1 heterocycles. The molecule has 0 spiro atoms. The fourth-order valence-corrected chi connectivity index (χ4v) is 2.53. The first-order valence-corrected chi connectivity index (χ1v) is 6.03. The normalized spacial score (nSPS) is 19.1. The molecule has 2 rings (SSSR count). The van der Waals surface area contributed by atoms with Gasteiger partial charge in [-0.1, -0.05) is 12.8 Å². The highest BCUT2D eigenvalue weighted by Gasteiger charge is 2.32. The van der Waals surface area contributed by atoms with E-state index in [1.807, 2.05) is 6.07 Å². The summed E-state index contributed by atoms with van der Waals surface area (Å²) in [6.45, 7) is 0.194. The molecule has 0 aromatic carbocycles. The smallest absolute Gasteiger partial charge is 0.0661 e. The maximum Gasteiger partial charge on any atom is 0.0661 e. The molecule has 3 nitrogen and oxygen atoms in total. The Morgan fingerprint density at radius 2 is 2.13 bits per heavy atom. The lowest BCUT2D eigenvalue weighted by Crippen LogP contribution is -2.39. The Kier molecular flexibility index (Phi) is 3.26. The molecule has 1 saturated carbocycles. The van der Waals surface area contributed by atoms with Crippen molar-refractivity contribution in [3.63, 3.8) is 0 Å². The van der Waals surface area contributed by atoms with E-state index in [-0.39, 0.29) is 12.1 Å². The van der Waals surface area contributed by atoms with Gasteiger partial charge in [0.25, 0.3) is 0 Å². The molecule has 0 amide bonds. The van der Waals surface area contributed by atoms with Crippen molar-refractivity contribution in [2.75, 3.05) is 11.9 Å². The Morgan fingerprint density at radius 1 is 1.40 bits per heavy atom. The number of nitrogens with one attached hydrogen (secondary N) is 1. The van der Waals surface area contributed by atoms with E-state index in [9.17, 15) is 5.11 Å². The first-order valence-electron chi connectivity index (χ1n) is 5.24. The van der Waals surface area contributed by atoms with Crippen molar-refractivity contribution in [2.45, 2.75) is 31.2 Å². The third kappa shape index (κ3) is 2.49. The van der Waals surface area contributed by atoms with E-state index in [0.717, 1.165) is 23.0 Å². The molecule has 1 fully saturated rings. The highest BCUT2D eigenvalue weighted by atomic mass is 79.9. The molecule has 0 atom stereocenters. The van der Waals surface area contributed by atoms with Crippen LogP contribution in [0.25, 0.3) is 0 Å². The third-order valence-electron chi connectivity index (χ3n) is 2.98. The quantitative estimate of drug-likeness (QED) is 0.888. The van der Waals surface area contributed by atoms with Crippen LogP contribution < -0.4 is 5.32 Å². The average molecular weight is 271 g/mol. The van der Waals surface area contributed by atoms with Gasteiger partial charge in [-0.2, -0.15) is 0 Å². The van der Waals surface area contributed by atoms with Gasteiger partial charge in [-0.25, -0.2) is 0 Å². The second-order valence-electron chi connectivity index (χ2n) is 4.16. The van der Waals surface area contributed by atoms with Gasteiger partial charge >= 0.3 is 0 Å². The Balaban J connectivity index is 2.12. The average Bonchev–Trinajstić information content (AvgIpc) is 2.67. The molecule has 0 aliphatic heterocycles. The number of anilines is 1. The summed E-state index contributed by atoms with van der Waals surface area (Å²) in [5, 5.41) is 12.9. The summed E-state index contributed by atoms with van der Waals surface area (Å²) in [6.07, 6.45) is 8.00. The van der Waals surface area contributed by atoms with Crippen LogP contribution in [0.4, 0.5) is 5.69 Å². The lowest BCUT2D eigenvalue weighted by Gasteiger charge is -2.29. The van der Waals surface area contributed by atoms with Crippen LogP contribution in [-0.2, 0) is 0 Å². The Labute approximate surface area is 98.0 Å². The zero-order valence-corrected chi connectivity index (χ0v) is 10.1. The van der Waals surface area contributed by atoms with E-state index in [0.29, 0.717) is 0 Å². The van der Waals surface area contributed by atoms with Gasteiger partial charge in [0, 0.05) is 10.7 Å². The van der Waals surface area contributed by atoms with Crippen molar-refractivity contribution in [3.8, 4) is 0 Å². The number of hydrogen-bond donors (Lipinski definition) is 2. The summed E-state index contributed by atoms with van der Waals surface area (Å²) in [7, 11) is 0. The van der Waals surface area contributed by atoms with Gasteiger partial charge in [-0.05, 0) is 34.8 Å². The zero-order chi connectivity index (χ0) is 10.7. The largest absolute Gasteiger partial charge is 0.394 e. The van der Waals surface area contributed by atoms with E-state index in [2.05, 4.69) is 26.2 Å². The van der Waals surface area contributed by atoms with Crippen molar-refractivity contribution in [3.05, 3.63) is 22.9 Å². The summed E-state index contributed by atoms with van der Waals surface area (Å²) in [4.78, 5) is 4.10. The fraction of sp³-hybridized carbons (Fsp3) is 0.545. The fourth-order valence-electron chi connectivity index (χ4n) is 2.16. The van der Waals surface area contributed by atoms with Crippen LogP contribution in [0.15, 0.2) is 22.9 Å². The van der Waals surface area contributed by atoms with E-state index in [1.165, 1.54) is 12.8 Å². The molecule has 82 valence electrons. The number of rotatable bonds is 3. The summed E-state index contributed by atoms with van der Waals surface area (Å²) < 4.78 is 0.957. The third-order valence-corrected chi connectivity index (χ3v) is 3.41. The second-order valence-corrected chi connectivity index (χ2v) is 5.08. The van der Waals surface area contributed by atoms with Crippen molar-refractivity contribution < 1.29 is 5.11 Å². The van der Waals surface area contributed by atoms with Crippen LogP contribution >= 0.6 is 15.9 Å². The number of halogens is 1. The van der Waals surface area contributed by atoms with Gasteiger partial charge in [-0.15, -0.1) is 0 Å². The molecule has 15 heavy (non-hydrogen) atoms. The number of hydrogen-bond acceptors (Lipinski definition) is 3. The number of nitrogens with zero attached hydrogens (tertiary/aromatic N) is 1. The zero-order valence-electron chi connectivity index (χ0n) is 8.54. The monoisotopic (exact) mass is 270 g/mol. The van der Waals surface area contributed by atoms with Gasteiger partial charge in [0.05, 0.1) is 24.0 Å². The maximum absolute atomic E-state index is 9.45. The molecule has 2 N–H and O–H groups in total. The van der Waals surface area contributed by atoms with Crippen LogP contribution in [-0.4, -0.2) is 22.2 Å². The maximum atomic E-state index is 9.45. The van der Waals surface area contributed by atoms with Crippen molar-refractivity contribution in [1.29, 1.82) is 0 Å². The number of aliphatic hydroxyl groups excluding tert-OH is 1. The molecule has 1 aromatic rings. The number of aromatic nitrogens is 1. The number of aliphatic hydroxyl groups is 1. The predicted octanol–water partition coefficient (Wildman–Crippen LogP) is 2.56. The van der Waals surface area contributed by atoms with Gasteiger partial charge in [0.2, 0.25) is 0 Å². The summed E-state index contributed by atoms with van der Waals surface area (Å²) in [6, 6.07) is 1.99. The summed E-state index contributed by atoms with van der Waals surface area (Å²) in [5.41, 5.74) is 0.850. The van der Waals surface area contributed by atoms with E-state index >= 15 is 0 Å². The minimum Gasteiger partial charge on any atom is -0.394 e. The lowest BCUT2D eigenvalue weighted by molar-refractivity contribution is 0.214. The van der Waals surface area contributed by atoms with Crippen LogP contribution in [0, 0.1) is 0 Å². The lowest BCUT2D eigenvalue weighted by atomic mass is 9.99. The molecule has 0 radical (unpaired) electrons. The Morgan fingerprint density at radius 3 is 2.73 bits per heavy atom. The van der Waals surface area contributed by atoms with E-state index < -0.39 is 0 Å².